The fourth-order valence-electron chi connectivity index (χ4n) is 1.54. The van der Waals surface area contributed by atoms with Crippen molar-refractivity contribution in [2.75, 3.05) is 13.7 Å². The van der Waals surface area contributed by atoms with E-state index in [0.717, 1.165) is 12.5 Å². The summed E-state index contributed by atoms with van der Waals surface area (Å²) in [7, 11) is 1.39. The zero-order valence-corrected chi connectivity index (χ0v) is 7.09. The van der Waals surface area contributed by atoms with Crippen molar-refractivity contribution in [3.05, 3.63) is 0 Å². The van der Waals surface area contributed by atoms with Gasteiger partial charge < -0.3 is 10.1 Å². The molecule has 1 rings (SSSR count). The summed E-state index contributed by atoms with van der Waals surface area (Å²) in [4.78, 5) is 10.6. The molecule has 0 aromatic heterocycles. The van der Waals surface area contributed by atoms with Crippen LogP contribution in [0.3, 0.4) is 0 Å². The van der Waals surface area contributed by atoms with Crippen molar-refractivity contribution in [3.8, 4) is 0 Å². The topological polar surface area (TPSA) is 38.3 Å². The first-order valence-electron chi connectivity index (χ1n) is 4.04. The summed E-state index contributed by atoms with van der Waals surface area (Å²) in [6, 6.07) is 0. The number of carbonyl (C=O) groups excluding carboxylic acids is 1. The van der Waals surface area contributed by atoms with E-state index in [-0.39, 0.29) is 6.09 Å². The van der Waals surface area contributed by atoms with Crippen molar-refractivity contribution in [1.29, 1.82) is 0 Å². The summed E-state index contributed by atoms with van der Waals surface area (Å²) in [6.07, 6.45) is 2.16. The van der Waals surface area contributed by atoms with Gasteiger partial charge >= 0.3 is 6.09 Å². The number of rotatable bonds is 2. The Morgan fingerprint density at radius 2 is 2.27 bits per heavy atom. The van der Waals surface area contributed by atoms with Crippen molar-refractivity contribution < 1.29 is 9.53 Å². The molecule has 11 heavy (non-hydrogen) atoms. The molecule has 1 saturated carbocycles. The molecule has 0 aliphatic heterocycles. The predicted octanol–water partition coefficient (Wildman–Crippen LogP) is 1.39. The first-order valence-corrected chi connectivity index (χ1v) is 4.04. The van der Waals surface area contributed by atoms with E-state index in [0.29, 0.717) is 5.92 Å². The highest BCUT2D eigenvalue weighted by atomic mass is 16.5. The van der Waals surface area contributed by atoms with E-state index in [2.05, 4.69) is 17.0 Å². The van der Waals surface area contributed by atoms with Gasteiger partial charge in [0, 0.05) is 6.54 Å². The van der Waals surface area contributed by atoms with E-state index in [4.69, 9.17) is 0 Å². The molecule has 0 unspecified atom stereocenters. The lowest BCUT2D eigenvalue weighted by Gasteiger charge is -2.32. The minimum Gasteiger partial charge on any atom is -0.453 e. The summed E-state index contributed by atoms with van der Waals surface area (Å²) in [5.74, 6) is 1.53. The molecule has 1 amide bonds. The molecular formula is C8H15NO2. The highest BCUT2D eigenvalue weighted by Crippen LogP contribution is 2.32. The van der Waals surface area contributed by atoms with E-state index in [1.165, 1.54) is 20.0 Å². The van der Waals surface area contributed by atoms with Gasteiger partial charge in [-0.3, -0.25) is 0 Å². The van der Waals surface area contributed by atoms with Gasteiger partial charge in [-0.15, -0.1) is 0 Å². The number of hydrogen-bond acceptors (Lipinski definition) is 2. The molecule has 0 heterocycles. The molecule has 1 fully saturated rings. The third-order valence-electron chi connectivity index (χ3n) is 2.19. The third kappa shape index (κ3) is 2.41. The summed E-state index contributed by atoms with van der Waals surface area (Å²) < 4.78 is 4.45. The molecule has 0 atom stereocenters. The Labute approximate surface area is 67.1 Å². The van der Waals surface area contributed by atoms with Gasteiger partial charge in [0.25, 0.3) is 0 Å². The number of nitrogens with one attached hydrogen (secondary N) is 1. The second kappa shape index (κ2) is 3.60. The van der Waals surface area contributed by atoms with Gasteiger partial charge in [0.05, 0.1) is 7.11 Å². The average molecular weight is 157 g/mol. The Bertz CT molecular complexity index is 141. The minimum absolute atomic E-state index is 0.315. The Balaban J connectivity index is 2.00. The molecule has 0 spiro atoms. The van der Waals surface area contributed by atoms with Crippen LogP contribution in [-0.2, 0) is 4.74 Å². The first-order chi connectivity index (χ1) is 5.22. The third-order valence-corrected chi connectivity index (χ3v) is 2.19. The Kier molecular flexibility index (Phi) is 2.74. The Hall–Kier alpha value is -0.730. The molecular weight excluding hydrogens is 142 g/mol. The van der Waals surface area contributed by atoms with Crippen molar-refractivity contribution in [2.24, 2.45) is 11.8 Å². The second-order valence-corrected chi connectivity index (χ2v) is 3.32. The fraction of sp³-hybridized carbons (Fsp3) is 0.875. The number of carbonyl (C=O) groups is 1. The lowest BCUT2D eigenvalue weighted by molar-refractivity contribution is 0.157. The molecule has 0 radical (unpaired) electrons. The predicted molar refractivity (Wildman–Crippen MR) is 42.3 cm³/mol. The van der Waals surface area contributed by atoms with Crippen LogP contribution < -0.4 is 5.32 Å². The average Bonchev–Trinajstić information content (AvgIpc) is 1.95. The molecule has 3 heteroatoms. The Morgan fingerprint density at radius 1 is 1.64 bits per heavy atom. The minimum atomic E-state index is -0.315. The quantitative estimate of drug-likeness (QED) is 0.657. The normalized spacial score (nSPS) is 28.9. The van der Waals surface area contributed by atoms with Crippen LogP contribution in [0.25, 0.3) is 0 Å². The summed E-state index contributed by atoms with van der Waals surface area (Å²) >= 11 is 0. The fourth-order valence-corrected chi connectivity index (χ4v) is 1.54. The highest BCUT2D eigenvalue weighted by Gasteiger charge is 2.25. The van der Waals surface area contributed by atoms with Crippen molar-refractivity contribution in [3.63, 3.8) is 0 Å². The van der Waals surface area contributed by atoms with E-state index in [1.54, 1.807) is 0 Å². The molecule has 64 valence electrons. The largest absolute Gasteiger partial charge is 0.453 e. The monoisotopic (exact) mass is 157 g/mol. The van der Waals surface area contributed by atoms with Crippen molar-refractivity contribution in [1.82, 2.24) is 5.32 Å². The SMILES string of the molecule is COC(=O)NCC1CC(C)C1. The van der Waals surface area contributed by atoms with Crippen LogP contribution in [0.1, 0.15) is 19.8 Å². The summed E-state index contributed by atoms with van der Waals surface area (Å²) in [5.41, 5.74) is 0. The van der Waals surface area contributed by atoms with E-state index in [1.807, 2.05) is 0 Å². The highest BCUT2D eigenvalue weighted by molar-refractivity contribution is 5.66. The smallest absolute Gasteiger partial charge is 0.406 e. The van der Waals surface area contributed by atoms with Gasteiger partial charge in [-0.25, -0.2) is 4.79 Å². The second-order valence-electron chi connectivity index (χ2n) is 3.32. The summed E-state index contributed by atoms with van der Waals surface area (Å²) in [5, 5.41) is 2.69. The van der Waals surface area contributed by atoms with Crippen LogP contribution in [0.4, 0.5) is 4.79 Å². The number of ether oxygens (including phenoxy) is 1. The van der Waals surface area contributed by atoms with Crippen LogP contribution in [0.15, 0.2) is 0 Å². The molecule has 1 N–H and O–H groups in total. The lowest BCUT2D eigenvalue weighted by atomic mass is 9.76. The van der Waals surface area contributed by atoms with Gasteiger partial charge in [0.15, 0.2) is 0 Å². The van der Waals surface area contributed by atoms with Gasteiger partial charge in [-0.2, -0.15) is 0 Å². The molecule has 1 aliphatic rings. The van der Waals surface area contributed by atoms with Gasteiger partial charge in [-0.1, -0.05) is 6.92 Å². The maximum atomic E-state index is 10.6. The standard InChI is InChI=1S/C8H15NO2/c1-6-3-7(4-6)5-9-8(10)11-2/h6-7H,3-5H2,1-2H3,(H,9,10). The van der Waals surface area contributed by atoms with E-state index >= 15 is 0 Å². The maximum absolute atomic E-state index is 10.6. The molecule has 0 aromatic rings. The van der Waals surface area contributed by atoms with Gasteiger partial charge in [0.1, 0.15) is 0 Å². The molecule has 0 aromatic carbocycles. The van der Waals surface area contributed by atoms with Gasteiger partial charge in [0.2, 0.25) is 0 Å². The first kappa shape index (κ1) is 8.37. The van der Waals surface area contributed by atoms with E-state index in [9.17, 15) is 4.79 Å². The Morgan fingerprint density at radius 3 is 2.73 bits per heavy atom. The number of alkyl carbamates (subject to hydrolysis) is 1. The van der Waals surface area contributed by atoms with Crippen LogP contribution >= 0.6 is 0 Å². The van der Waals surface area contributed by atoms with Crippen molar-refractivity contribution >= 4 is 6.09 Å². The maximum Gasteiger partial charge on any atom is 0.406 e. The molecule has 3 nitrogen and oxygen atoms in total. The zero-order chi connectivity index (χ0) is 8.27. The number of hydrogen-bond donors (Lipinski definition) is 1. The summed E-state index contributed by atoms with van der Waals surface area (Å²) in [6.45, 7) is 3.01. The number of amides is 1. The molecule has 1 aliphatic carbocycles. The van der Waals surface area contributed by atoms with Gasteiger partial charge in [-0.05, 0) is 24.7 Å². The van der Waals surface area contributed by atoms with Crippen LogP contribution in [0, 0.1) is 11.8 Å². The van der Waals surface area contributed by atoms with Crippen LogP contribution in [0.2, 0.25) is 0 Å². The number of methoxy groups -OCH3 is 1. The van der Waals surface area contributed by atoms with Crippen LogP contribution in [-0.4, -0.2) is 19.7 Å². The van der Waals surface area contributed by atoms with E-state index < -0.39 is 0 Å². The lowest BCUT2D eigenvalue weighted by Crippen LogP contribution is -2.35. The van der Waals surface area contributed by atoms with Crippen molar-refractivity contribution in [2.45, 2.75) is 19.8 Å². The molecule has 0 bridgehead atoms. The van der Waals surface area contributed by atoms with Crippen LogP contribution in [0.5, 0.6) is 0 Å². The molecule has 0 saturated heterocycles. The zero-order valence-electron chi connectivity index (χ0n) is 7.09.